The highest BCUT2D eigenvalue weighted by atomic mass is 127. The van der Waals surface area contributed by atoms with Crippen molar-refractivity contribution < 1.29 is 79.8 Å². The molecule has 2 rings (SSSR count). The Morgan fingerprint density at radius 2 is 0.774 bits per heavy atom. The summed E-state index contributed by atoms with van der Waals surface area (Å²) in [5.74, 6) is -3.05. The molecule has 0 saturated carbocycles. The summed E-state index contributed by atoms with van der Waals surface area (Å²) in [4.78, 5) is 81.6. The van der Waals surface area contributed by atoms with Gasteiger partial charge in [-0.25, -0.2) is 0 Å². The molecule has 0 bridgehead atoms. The minimum absolute atomic E-state index is 0.0482. The van der Waals surface area contributed by atoms with E-state index in [9.17, 15) is 79.8 Å². The number of benzene rings is 2. The number of aliphatic hydroxyl groups is 10. The maximum Gasteiger partial charge on any atom is 0.253 e. The van der Waals surface area contributed by atoms with Gasteiger partial charge in [0, 0.05) is 42.3 Å². The molecule has 2 aromatic carbocycles. The maximum atomic E-state index is 13.6. The van der Waals surface area contributed by atoms with Crippen molar-refractivity contribution >= 4 is 183 Å². The molecule has 0 spiro atoms. The SMILES string of the molecule is O=CN(CC(O)C(O)CN(C=O)c1c(I)c(C(=O)NCC(O)CO)c(I)c(C(=O)NCC(O)CO)c1I)c1c(I)c(C(=O)CCC(O)CO)c(I)c(C(=O)NCC(O)CO)c1I. The van der Waals surface area contributed by atoms with E-state index in [1.165, 1.54) is 0 Å². The first kappa shape index (κ1) is 57.6. The Kier molecular flexibility index (Phi) is 25.9. The van der Waals surface area contributed by atoms with Gasteiger partial charge >= 0.3 is 0 Å². The lowest BCUT2D eigenvalue weighted by Crippen LogP contribution is -2.46. The zero-order valence-corrected chi connectivity index (χ0v) is 44.9. The number of Topliss-reactive ketones (excluding diaryl/α,β-unsaturated/α-hetero) is 1. The minimum atomic E-state index is -1.87. The number of carbonyl (C=O) groups excluding carboxylic acids is 6. The van der Waals surface area contributed by atoms with Gasteiger partial charge in [-0.05, 0) is 142 Å². The Hall–Kier alpha value is -0.560. The van der Waals surface area contributed by atoms with Crippen LogP contribution in [-0.2, 0) is 9.59 Å². The summed E-state index contributed by atoms with van der Waals surface area (Å²) in [5, 5.41) is 107. The van der Waals surface area contributed by atoms with Crippen LogP contribution in [-0.4, -0.2) is 183 Å². The van der Waals surface area contributed by atoms with Crippen molar-refractivity contribution in [3.8, 4) is 0 Å². The van der Waals surface area contributed by atoms with E-state index in [0.717, 1.165) is 9.80 Å². The van der Waals surface area contributed by atoms with Gasteiger partial charge in [-0.3, -0.25) is 28.8 Å². The molecule has 6 atom stereocenters. The number of carbonyl (C=O) groups is 6. The second-order valence-corrected chi connectivity index (χ2v) is 19.6. The Morgan fingerprint density at radius 3 is 1.06 bits per heavy atom. The second-order valence-electron chi connectivity index (χ2n) is 13.2. The quantitative estimate of drug-likeness (QED) is 0.0282. The molecule has 62 heavy (non-hydrogen) atoms. The molecule has 0 aliphatic rings. The van der Waals surface area contributed by atoms with Crippen molar-refractivity contribution in [1.82, 2.24) is 16.0 Å². The number of anilines is 2. The van der Waals surface area contributed by atoms with Gasteiger partial charge in [0.05, 0.1) is 115 Å². The Labute approximate surface area is 436 Å². The van der Waals surface area contributed by atoms with Crippen molar-refractivity contribution in [2.45, 2.75) is 49.5 Å². The minimum Gasteiger partial charge on any atom is -0.394 e. The van der Waals surface area contributed by atoms with Crippen molar-refractivity contribution in [1.29, 1.82) is 0 Å². The van der Waals surface area contributed by atoms with Gasteiger partial charge in [0.2, 0.25) is 12.8 Å². The molecule has 0 saturated heterocycles. The highest BCUT2D eigenvalue weighted by molar-refractivity contribution is 14.1. The number of nitrogens with one attached hydrogen (secondary N) is 3. The average molecular weight is 1550 g/mol. The fourth-order valence-corrected chi connectivity index (χ4v) is 14.9. The van der Waals surface area contributed by atoms with E-state index in [-0.39, 0.29) is 87.3 Å². The molecule has 2 aromatic rings. The molecule has 346 valence electrons. The molecule has 5 amide bonds. The van der Waals surface area contributed by atoms with E-state index in [4.69, 9.17) is 0 Å². The van der Waals surface area contributed by atoms with Crippen molar-refractivity contribution in [2.24, 2.45) is 0 Å². The van der Waals surface area contributed by atoms with Gasteiger partial charge in [-0.2, -0.15) is 0 Å². The van der Waals surface area contributed by atoms with E-state index >= 15 is 0 Å². The van der Waals surface area contributed by atoms with E-state index < -0.39 is 113 Å². The molecule has 21 nitrogen and oxygen atoms in total. The third-order valence-electron chi connectivity index (χ3n) is 8.63. The topological polar surface area (TPSA) is 347 Å². The lowest BCUT2D eigenvalue weighted by molar-refractivity contribution is -0.109. The molecular formula is C35H43I6N5O16. The van der Waals surface area contributed by atoms with Gasteiger partial charge in [-0.1, -0.05) is 0 Å². The second kappa shape index (κ2) is 27.9. The van der Waals surface area contributed by atoms with Crippen molar-refractivity contribution in [3.63, 3.8) is 0 Å². The van der Waals surface area contributed by atoms with Crippen LogP contribution in [0.2, 0.25) is 0 Å². The number of hydrogen-bond acceptors (Lipinski definition) is 16. The fourth-order valence-electron chi connectivity index (χ4n) is 5.27. The molecule has 0 aromatic heterocycles. The van der Waals surface area contributed by atoms with E-state index in [1.54, 1.807) is 136 Å². The van der Waals surface area contributed by atoms with Crippen LogP contribution in [0.5, 0.6) is 0 Å². The summed E-state index contributed by atoms with van der Waals surface area (Å²) >= 11 is 10.5. The molecule has 0 aliphatic heterocycles. The zero-order valence-electron chi connectivity index (χ0n) is 32.0. The summed E-state index contributed by atoms with van der Waals surface area (Å²) in [6, 6.07) is 0. The molecular weight excluding hydrogens is 1510 g/mol. The van der Waals surface area contributed by atoms with Crippen molar-refractivity contribution in [3.05, 3.63) is 43.7 Å². The normalized spacial score (nSPS) is 14.2. The highest BCUT2D eigenvalue weighted by Gasteiger charge is 2.35. The van der Waals surface area contributed by atoms with Gasteiger partial charge < -0.3 is 76.8 Å². The number of amides is 5. The lowest BCUT2D eigenvalue weighted by atomic mass is 10.00. The number of rotatable bonds is 26. The molecule has 0 fully saturated rings. The summed E-state index contributed by atoms with van der Waals surface area (Å²) < 4.78 is 0.581. The number of nitrogens with zero attached hydrogens (tertiary/aromatic N) is 2. The van der Waals surface area contributed by atoms with Crippen LogP contribution in [0.1, 0.15) is 54.3 Å². The average Bonchev–Trinajstić information content (AvgIpc) is 3.24. The predicted molar refractivity (Wildman–Crippen MR) is 271 cm³/mol. The molecule has 13 N–H and O–H groups in total. The first-order chi connectivity index (χ1) is 29.2. The number of hydrogen-bond donors (Lipinski definition) is 13. The predicted octanol–water partition coefficient (Wildman–Crippen LogP) is -1.77. The monoisotopic (exact) mass is 1550 g/mol. The number of ketones is 1. The highest BCUT2D eigenvalue weighted by Crippen LogP contribution is 2.40. The van der Waals surface area contributed by atoms with Crippen LogP contribution >= 0.6 is 136 Å². The van der Waals surface area contributed by atoms with Crippen LogP contribution in [0.3, 0.4) is 0 Å². The Morgan fingerprint density at radius 1 is 0.484 bits per heavy atom. The molecule has 0 radical (unpaired) electrons. The third-order valence-corrected chi connectivity index (χ3v) is 15.0. The first-order valence-electron chi connectivity index (χ1n) is 17.9. The summed E-state index contributed by atoms with van der Waals surface area (Å²) in [7, 11) is 0. The zero-order chi connectivity index (χ0) is 47.2. The Balaban J connectivity index is 2.69. The summed E-state index contributed by atoms with van der Waals surface area (Å²) in [6.45, 7) is -5.26. The van der Waals surface area contributed by atoms with Gasteiger partial charge in [0.25, 0.3) is 17.7 Å². The van der Waals surface area contributed by atoms with Crippen LogP contribution in [0.4, 0.5) is 11.4 Å². The van der Waals surface area contributed by atoms with Crippen LogP contribution in [0.15, 0.2) is 0 Å². The van der Waals surface area contributed by atoms with E-state index in [1.807, 2.05) is 0 Å². The maximum absolute atomic E-state index is 13.6. The number of aliphatic hydroxyl groups excluding tert-OH is 10. The largest absolute Gasteiger partial charge is 0.394 e. The van der Waals surface area contributed by atoms with Gasteiger partial charge in [-0.15, -0.1) is 0 Å². The van der Waals surface area contributed by atoms with Crippen LogP contribution in [0, 0.1) is 21.4 Å². The molecule has 0 heterocycles. The first-order valence-corrected chi connectivity index (χ1v) is 24.4. The van der Waals surface area contributed by atoms with E-state index in [0.29, 0.717) is 0 Å². The number of halogens is 6. The molecule has 6 unspecified atom stereocenters. The molecule has 0 aliphatic carbocycles. The van der Waals surface area contributed by atoms with Crippen LogP contribution in [0.25, 0.3) is 0 Å². The molecule has 27 heteroatoms. The summed E-state index contributed by atoms with van der Waals surface area (Å²) in [5.41, 5.74) is -0.612. The third kappa shape index (κ3) is 15.2. The van der Waals surface area contributed by atoms with E-state index in [2.05, 4.69) is 16.0 Å². The van der Waals surface area contributed by atoms with Gasteiger partial charge in [0.15, 0.2) is 5.78 Å². The standard InChI is InChI=1S/C35H43I6N5O16/c36-25-21(18(57)2-1-14(53)8-47)27(38)31(28(39)22(25)33(60)42-3-15(54)9-48)45(12-51)6-19(58)20(59)7-46(13-52)32-29(40)23(34(61)43-4-16(55)10-49)26(37)24(30(32)41)35(62)44-5-17(56)11-50/h12-17,19-20,47-50,53-56,58-59H,1-11H2,(H,42,60)(H,43,61)(H,44,62). The van der Waals surface area contributed by atoms with Crippen LogP contribution < -0.4 is 25.8 Å². The fraction of sp³-hybridized carbons (Fsp3) is 0.486. The Bertz CT molecular complexity index is 1710. The smallest absolute Gasteiger partial charge is 0.253 e. The van der Waals surface area contributed by atoms with Crippen molar-refractivity contribution in [2.75, 3.05) is 69.0 Å². The summed E-state index contributed by atoms with van der Waals surface area (Å²) in [6.07, 6.45) is -8.90. The lowest BCUT2D eigenvalue weighted by Gasteiger charge is -2.31. The van der Waals surface area contributed by atoms with Gasteiger partial charge in [0.1, 0.15) is 0 Å².